The Labute approximate surface area is 261 Å². The van der Waals surface area contributed by atoms with Gasteiger partial charge in [0.2, 0.25) is 0 Å². The minimum absolute atomic E-state index is 0.667. The van der Waals surface area contributed by atoms with Gasteiger partial charge in [0.1, 0.15) is 0 Å². The van der Waals surface area contributed by atoms with Gasteiger partial charge in [-0.15, -0.1) is 0 Å². The number of ether oxygens (including phenoxy) is 1. The van der Waals surface area contributed by atoms with Crippen molar-refractivity contribution in [3.05, 3.63) is 0 Å². The summed E-state index contributed by atoms with van der Waals surface area (Å²) in [6, 6.07) is 4.86. The summed E-state index contributed by atoms with van der Waals surface area (Å²) in [5.41, 5.74) is 0. The van der Waals surface area contributed by atoms with E-state index in [4.69, 9.17) is 4.74 Å². The maximum atomic E-state index is 5.21. The summed E-state index contributed by atoms with van der Waals surface area (Å²) in [6.45, 7) is 44.7. The van der Waals surface area contributed by atoms with Gasteiger partial charge in [-0.2, -0.15) is 0 Å². The van der Waals surface area contributed by atoms with E-state index in [9.17, 15) is 0 Å². The highest BCUT2D eigenvalue weighted by atomic mass is 16.5. The quantitative estimate of drug-likeness (QED) is 0.278. The van der Waals surface area contributed by atoms with Crippen molar-refractivity contribution in [2.75, 3.05) is 66.6 Å². The van der Waals surface area contributed by atoms with Crippen LogP contribution in [0, 0.1) is 0 Å². The average Bonchev–Trinajstić information content (AvgIpc) is 3.41. The van der Waals surface area contributed by atoms with Crippen molar-refractivity contribution in [2.45, 2.75) is 166 Å². The van der Waals surface area contributed by atoms with E-state index in [1.165, 1.54) is 39.0 Å². The SMILES string of the molecule is CC(C)N(C(C)C)C(C)C.CC(C)N(C)C.CC(C)N1CCCC1.CC(C)N1CCOCC1.CCN(CC)C(C)C. The average molecular weight is 588 g/mol. The smallest absolute Gasteiger partial charge is 0.0594 e. The molecule has 0 aromatic heterocycles. The van der Waals surface area contributed by atoms with E-state index in [1.54, 1.807) is 0 Å². The molecule has 2 heterocycles. The first kappa shape index (κ1) is 45.2. The fraction of sp³-hybridized carbons (Fsp3) is 1.00. The number of rotatable bonds is 9. The van der Waals surface area contributed by atoms with Crippen LogP contribution in [0.25, 0.3) is 0 Å². The van der Waals surface area contributed by atoms with Gasteiger partial charge in [-0.05, 0) is 150 Å². The summed E-state index contributed by atoms with van der Waals surface area (Å²) < 4.78 is 5.21. The monoisotopic (exact) mass is 588 g/mol. The summed E-state index contributed by atoms with van der Waals surface area (Å²) in [5, 5.41) is 0. The first-order chi connectivity index (χ1) is 18.9. The first-order valence-electron chi connectivity index (χ1n) is 17.2. The molecule has 2 saturated heterocycles. The lowest BCUT2D eigenvalue weighted by Crippen LogP contribution is -2.42. The minimum atomic E-state index is 0.667. The third kappa shape index (κ3) is 25.9. The number of morpholine rings is 1. The van der Waals surface area contributed by atoms with Crippen molar-refractivity contribution in [3.63, 3.8) is 0 Å². The van der Waals surface area contributed by atoms with E-state index in [2.05, 4.69) is 149 Å². The van der Waals surface area contributed by atoms with Crippen LogP contribution < -0.4 is 0 Å². The number of hydrogen-bond donors (Lipinski definition) is 0. The number of likely N-dealkylation sites (tertiary alicyclic amines) is 1. The van der Waals surface area contributed by atoms with Crippen molar-refractivity contribution < 1.29 is 4.74 Å². The Balaban J connectivity index is -0.000000444. The van der Waals surface area contributed by atoms with Crippen LogP contribution >= 0.6 is 0 Å². The van der Waals surface area contributed by atoms with E-state index in [-0.39, 0.29) is 0 Å². The molecule has 41 heavy (non-hydrogen) atoms. The molecule has 0 bridgehead atoms. The van der Waals surface area contributed by atoms with Crippen LogP contribution in [0.15, 0.2) is 0 Å². The summed E-state index contributed by atoms with van der Waals surface area (Å²) in [5.74, 6) is 0. The second-order valence-corrected chi connectivity index (χ2v) is 13.7. The zero-order chi connectivity index (χ0) is 32.7. The Hall–Kier alpha value is -0.240. The predicted molar refractivity (Wildman–Crippen MR) is 188 cm³/mol. The maximum Gasteiger partial charge on any atom is 0.0594 e. The van der Waals surface area contributed by atoms with Gasteiger partial charge in [0.15, 0.2) is 0 Å². The van der Waals surface area contributed by atoms with Gasteiger partial charge < -0.3 is 19.4 Å². The standard InChI is InChI=1S/C9H21N.C7H15NO.C7H15N.C7H17N.C5H13N/c1-7(2)10(8(3)4)9(5)6;1-7(2)8-3-5-9-6-4-8;1-7(2)8-5-3-4-6-8;1-5-8(6-2)7(3)4;1-5(2)6(3)4/h7-9H,1-6H3;7H,3-6H2,1-2H3;7H,3-6H2,1-2H3;7H,5-6H2,1-4H3;5H,1-4H3. The molecule has 0 aromatic carbocycles. The lowest BCUT2D eigenvalue weighted by Gasteiger charge is -2.34. The van der Waals surface area contributed by atoms with E-state index < -0.39 is 0 Å². The van der Waals surface area contributed by atoms with Crippen LogP contribution in [-0.2, 0) is 4.74 Å². The molecule has 2 fully saturated rings. The van der Waals surface area contributed by atoms with Crippen molar-refractivity contribution in [1.82, 2.24) is 24.5 Å². The van der Waals surface area contributed by atoms with Crippen molar-refractivity contribution >= 4 is 0 Å². The number of nitrogens with zero attached hydrogens (tertiary/aromatic N) is 5. The lowest BCUT2D eigenvalue weighted by atomic mass is 10.2. The Morgan fingerprint density at radius 1 is 0.512 bits per heavy atom. The fourth-order valence-electron chi connectivity index (χ4n) is 5.09. The molecule has 0 N–H and O–H groups in total. The molecule has 2 rings (SSSR count). The fourth-order valence-corrected chi connectivity index (χ4v) is 5.09. The van der Waals surface area contributed by atoms with E-state index in [0.717, 1.165) is 32.3 Å². The predicted octanol–water partition coefficient (Wildman–Crippen LogP) is 7.42. The summed E-state index contributed by atoms with van der Waals surface area (Å²) in [7, 11) is 4.15. The van der Waals surface area contributed by atoms with Gasteiger partial charge in [-0.1, -0.05) is 13.8 Å². The van der Waals surface area contributed by atoms with Gasteiger partial charge in [-0.3, -0.25) is 9.80 Å². The van der Waals surface area contributed by atoms with Crippen LogP contribution in [-0.4, -0.2) is 133 Å². The molecule has 6 heteroatoms. The molecule has 0 aliphatic carbocycles. The van der Waals surface area contributed by atoms with Crippen LogP contribution in [0.1, 0.15) is 124 Å². The first-order valence-corrected chi connectivity index (χ1v) is 17.2. The van der Waals surface area contributed by atoms with E-state index >= 15 is 0 Å². The van der Waals surface area contributed by atoms with Gasteiger partial charge >= 0.3 is 0 Å². The van der Waals surface area contributed by atoms with Crippen molar-refractivity contribution in [3.8, 4) is 0 Å². The molecule has 6 nitrogen and oxygen atoms in total. The van der Waals surface area contributed by atoms with E-state index in [1.807, 2.05) is 0 Å². The molecule has 0 atom stereocenters. The highest BCUT2D eigenvalue weighted by Gasteiger charge is 2.16. The van der Waals surface area contributed by atoms with Crippen LogP contribution in [0.2, 0.25) is 0 Å². The third-order valence-corrected chi connectivity index (χ3v) is 8.01. The molecule has 0 aromatic rings. The lowest BCUT2D eigenvalue weighted by molar-refractivity contribution is 0.0238. The second kappa shape index (κ2) is 27.3. The van der Waals surface area contributed by atoms with E-state index in [0.29, 0.717) is 36.3 Å². The summed E-state index contributed by atoms with van der Waals surface area (Å²) in [4.78, 5) is 12.0. The topological polar surface area (TPSA) is 25.4 Å². The number of hydrogen-bond acceptors (Lipinski definition) is 6. The molecule has 0 amide bonds. The van der Waals surface area contributed by atoms with Gasteiger partial charge in [0, 0.05) is 55.4 Å². The van der Waals surface area contributed by atoms with Crippen LogP contribution in [0.3, 0.4) is 0 Å². The second-order valence-electron chi connectivity index (χ2n) is 13.7. The summed E-state index contributed by atoms with van der Waals surface area (Å²) in [6.07, 6.45) is 2.83. The van der Waals surface area contributed by atoms with Crippen molar-refractivity contribution in [2.24, 2.45) is 0 Å². The molecular formula is C35H81N5O. The zero-order valence-corrected chi connectivity index (χ0v) is 31.8. The molecule has 2 aliphatic heterocycles. The van der Waals surface area contributed by atoms with Crippen molar-refractivity contribution in [1.29, 1.82) is 0 Å². The Bertz CT molecular complexity index is 488. The highest BCUT2D eigenvalue weighted by molar-refractivity contribution is 4.71. The van der Waals surface area contributed by atoms with Gasteiger partial charge in [0.05, 0.1) is 13.2 Å². The van der Waals surface area contributed by atoms with Gasteiger partial charge in [-0.25, -0.2) is 0 Å². The summed E-state index contributed by atoms with van der Waals surface area (Å²) >= 11 is 0. The zero-order valence-electron chi connectivity index (χ0n) is 31.8. The van der Waals surface area contributed by atoms with Crippen LogP contribution in [0.4, 0.5) is 0 Å². The molecule has 0 unspecified atom stereocenters. The molecule has 2 aliphatic rings. The van der Waals surface area contributed by atoms with Gasteiger partial charge in [0.25, 0.3) is 0 Å². The molecule has 0 spiro atoms. The Morgan fingerprint density at radius 2 is 0.829 bits per heavy atom. The Morgan fingerprint density at radius 3 is 0.951 bits per heavy atom. The maximum absolute atomic E-state index is 5.21. The highest BCUT2D eigenvalue weighted by Crippen LogP contribution is 2.10. The molecular weight excluding hydrogens is 506 g/mol. The molecule has 0 saturated carbocycles. The third-order valence-electron chi connectivity index (χ3n) is 8.01. The van der Waals surface area contributed by atoms with Crippen LogP contribution in [0.5, 0.6) is 0 Å². The molecule has 252 valence electrons. The largest absolute Gasteiger partial charge is 0.379 e. The minimum Gasteiger partial charge on any atom is -0.379 e. The Kier molecular flexibility index (Phi) is 30.1. The molecule has 0 radical (unpaired) electrons. The normalized spacial score (nSPS) is 16.4.